The van der Waals surface area contributed by atoms with E-state index in [1.54, 1.807) is 14.2 Å². The van der Waals surface area contributed by atoms with Gasteiger partial charge in [-0.25, -0.2) is 13.1 Å². The predicted octanol–water partition coefficient (Wildman–Crippen LogP) is 0.856. The van der Waals surface area contributed by atoms with Crippen LogP contribution in [-0.4, -0.2) is 54.4 Å². The van der Waals surface area contributed by atoms with Crippen LogP contribution >= 0.6 is 0 Å². The minimum Gasteiger partial charge on any atom is -0.493 e. The van der Waals surface area contributed by atoms with Crippen molar-refractivity contribution in [2.24, 2.45) is 0 Å². The summed E-state index contributed by atoms with van der Waals surface area (Å²) in [5.74, 6) is 1.26. The summed E-state index contributed by atoms with van der Waals surface area (Å²) in [5.41, 5.74) is 0.948. The summed E-state index contributed by atoms with van der Waals surface area (Å²) in [5, 5.41) is 0. The molecule has 0 radical (unpaired) electrons. The fourth-order valence-electron chi connectivity index (χ4n) is 1.89. The molecule has 0 aliphatic heterocycles. The molecule has 0 saturated heterocycles. The van der Waals surface area contributed by atoms with Gasteiger partial charge >= 0.3 is 0 Å². The van der Waals surface area contributed by atoms with Crippen LogP contribution in [0.1, 0.15) is 11.6 Å². The molecular formula is C13H22N2O4S. The second-order valence-electron chi connectivity index (χ2n) is 4.71. The molecule has 0 aromatic heterocycles. The van der Waals surface area contributed by atoms with E-state index in [1.165, 1.54) is 0 Å². The van der Waals surface area contributed by atoms with Crippen LogP contribution in [0.2, 0.25) is 0 Å². The zero-order chi connectivity index (χ0) is 15.3. The summed E-state index contributed by atoms with van der Waals surface area (Å²) in [7, 11) is 3.71. The largest absolute Gasteiger partial charge is 0.493 e. The molecule has 0 spiro atoms. The van der Waals surface area contributed by atoms with Gasteiger partial charge in [0.25, 0.3) is 0 Å². The van der Waals surface area contributed by atoms with E-state index in [9.17, 15) is 8.42 Å². The Kier molecular flexibility index (Phi) is 5.79. The lowest BCUT2D eigenvalue weighted by molar-refractivity contribution is 0.297. The Morgan fingerprint density at radius 2 is 1.80 bits per heavy atom. The number of likely N-dealkylation sites (N-methyl/N-ethyl adjacent to an activating group) is 1. The highest BCUT2D eigenvalue weighted by Crippen LogP contribution is 2.31. The highest BCUT2D eigenvalue weighted by Gasteiger charge is 2.18. The maximum atomic E-state index is 11.2. The van der Waals surface area contributed by atoms with Crippen LogP contribution in [0.4, 0.5) is 0 Å². The van der Waals surface area contributed by atoms with Gasteiger partial charge in [0.2, 0.25) is 10.0 Å². The molecule has 0 heterocycles. The Balaban J connectivity index is 3.03. The third-order valence-electron chi connectivity index (χ3n) is 2.95. The zero-order valence-corrected chi connectivity index (χ0v) is 13.3. The molecule has 1 atom stereocenters. The molecule has 114 valence electrons. The molecule has 20 heavy (non-hydrogen) atoms. The molecule has 0 aliphatic rings. The first-order chi connectivity index (χ1) is 9.28. The molecule has 7 heteroatoms. The Morgan fingerprint density at radius 1 is 1.20 bits per heavy atom. The molecular weight excluding hydrogens is 280 g/mol. The highest BCUT2D eigenvalue weighted by atomic mass is 32.2. The lowest BCUT2D eigenvalue weighted by Gasteiger charge is -2.25. The minimum atomic E-state index is -3.22. The lowest BCUT2D eigenvalue weighted by atomic mass is 10.1. The Bertz CT molecular complexity index is 543. The van der Waals surface area contributed by atoms with Gasteiger partial charge in [-0.1, -0.05) is 6.07 Å². The van der Waals surface area contributed by atoms with E-state index in [2.05, 4.69) is 4.72 Å². The standard InChI is InChI=1S/C13H22N2O4S/c1-15(2)11(9-14-20(5,16)17)10-6-7-12(18-3)13(8-10)19-4/h6-8,11,14H,9H2,1-5H3/t11-/m0/s1. The van der Waals surface area contributed by atoms with Crippen molar-refractivity contribution < 1.29 is 17.9 Å². The Hall–Kier alpha value is -1.31. The Morgan fingerprint density at radius 3 is 2.25 bits per heavy atom. The molecule has 1 N–H and O–H groups in total. The topological polar surface area (TPSA) is 67.9 Å². The number of rotatable bonds is 7. The molecule has 0 bridgehead atoms. The maximum Gasteiger partial charge on any atom is 0.208 e. The molecule has 0 aliphatic carbocycles. The number of hydrogen-bond acceptors (Lipinski definition) is 5. The minimum absolute atomic E-state index is 0.0930. The molecule has 1 rings (SSSR count). The van der Waals surface area contributed by atoms with Crippen LogP contribution in [0.15, 0.2) is 18.2 Å². The van der Waals surface area contributed by atoms with Gasteiger partial charge in [-0.05, 0) is 31.8 Å². The van der Waals surface area contributed by atoms with Crippen molar-refractivity contribution in [2.45, 2.75) is 6.04 Å². The van der Waals surface area contributed by atoms with Gasteiger partial charge in [0.1, 0.15) is 0 Å². The normalized spacial score (nSPS) is 13.3. The van der Waals surface area contributed by atoms with Crippen LogP contribution in [0.3, 0.4) is 0 Å². The van der Waals surface area contributed by atoms with Crippen LogP contribution in [0.25, 0.3) is 0 Å². The molecule has 0 amide bonds. The SMILES string of the molecule is COc1ccc([C@H](CNS(C)(=O)=O)N(C)C)cc1OC. The summed E-state index contributed by atoms with van der Waals surface area (Å²) >= 11 is 0. The Labute approximate surface area is 120 Å². The molecule has 0 saturated carbocycles. The summed E-state index contributed by atoms with van der Waals surface area (Å²) < 4.78 is 35.5. The summed E-state index contributed by atoms with van der Waals surface area (Å²) in [4.78, 5) is 1.94. The average Bonchev–Trinajstić information content (AvgIpc) is 2.36. The van der Waals surface area contributed by atoms with Crippen LogP contribution in [-0.2, 0) is 10.0 Å². The van der Waals surface area contributed by atoms with Crippen molar-refractivity contribution in [3.05, 3.63) is 23.8 Å². The number of methoxy groups -OCH3 is 2. The van der Waals surface area contributed by atoms with E-state index in [0.29, 0.717) is 18.0 Å². The van der Waals surface area contributed by atoms with Crippen LogP contribution in [0, 0.1) is 0 Å². The predicted molar refractivity (Wildman–Crippen MR) is 78.8 cm³/mol. The third kappa shape index (κ3) is 4.66. The van der Waals surface area contributed by atoms with Crippen LogP contribution in [0.5, 0.6) is 11.5 Å². The number of nitrogens with one attached hydrogen (secondary N) is 1. The van der Waals surface area contributed by atoms with E-state index in [4.69, 9.17) is 9.47 Å². The lowest BCUT2D eigenvalue weighted by Crippen LogP contribution is -2.33. The first-order valence-corrected chi connectivity index (χ1v) is 8.00. The maximum absolute atomic E-state index is 11.2. The zero-order valence-electron chi connectivity index (χ0n) is 12.5. The number of ether oxygens (including phenoxy) is 2. The van der Waals surface area contributed by atoms with Crippen LogP contribution < -0.4 is 14.2 Å². The summed E-state index contributed by atoms with van der Waals surface area (Å²) in [6.45, 7) is 0.293. The number of benzene rings is 1. The number of nitrogens with zero attached hydrogens (tertiary/aromatic N) is 1. The van der Waals surface area contributed by atoms with E-state index in [-0.39, 0.29) is 6.04 Å². The van der Waals surface area contributed by atoms with Gasteiger partial charge in [-0.3, -0.25) is 0 Å². The second kappa shape index (κ2) is 6.92. The number of hydrogen-bond donors (Lipinski definition) is 1. The third-order valence-corrected chi connectivity index (χ3v) is 3.65. The first kappa shape index (κ1) is 16.7. The van der Waals surface area contributed by atoms with E-state index in [0.717, 1.165) is 11.8 Å². The molecule has 1 aromatic carbocycles. The van der Waals surface area contributed by atoms with Gasteiger partial charge in [0.15, 0.2) is 11.5 Å². The van der Waals surface area contributed by atoms with Gasteiger partial charge in [-0.15, -0.1) is 0 Å². The fraction of sp³-hybridized carbons (Fsp3) is 0.538. The summed E-state index contributed by atoms with van der Waals surface area (Å²) in [6, 6.07) is 5.47. The van der Waals surface area contributed by atoms with Crippen molar-refractivity contribution >= 4 is 10.0 Å². The monoisotopic (exact) mass is 302 g/mol. The average molecular weight is 302 g/mol. The number of sulfonamides is 1. The molecule has 0 fully saturated rings. The van der Waals surface area contributed by atoms with Gasteiger partial charge < -0.3 is 14.4 Å². The van der Waals surface area contributed by atoms with Crippen molar-refractivity contribution in [3.63, 3.8) is 0 Å². The smallest absolute Gasteiger partial charge is 0.208 e. The van der Waals surface area contributed by atoms with E-state index >= 15 is 0 Å². The van der Waals surface area contributed by atoms with Gasteiger partial charge in [-0.2, -0.15) is 0 Å². The van der Waals surface area contributed by atoms with E-state index < -0.39 is 10.0 Å². The fourth-order valence-corrected chi connectivity index (χ4v) is 2.35. The van der Waals surface area contributed by atoms with Gasteiger partial charge in [0.05, 0.1) is 20.5 Å². The first-order valence-electron chi connectivity index (χ1n) is 6.11. The highest BCUT2D eigenvalue weighted by molar-refractivity contribution is 7.88. The van der Waals surface area contributed by atoms with Crippen molar-refractivity contribution in [1.82, 2.24) is 9.62 Å². The molecule has 6 nitrogen and oxygen atoms in total. The second-order valence-corrected chi connectivity index (χ2v) is 6.55. The van der Waals surface area contributed by atoms with Crippen molar-refractivity contribution in [3.8, 4) is 11.5 Å². The van der Waals surface area contributed by atoms with Crippen molar-refractivity contribution in [2.75, 3.05) is 41.1 Å². The quantitative estimate of drug-likeness (QED) is 0.809. The van der Waals surface area contributed by atoms with E-state index in [1.807, 2.05) is 37.2 Å². The van der Waals surface area contributed by atoms with Gasteiger partial charge in [0, 0.05) is 12.6 Å². The van der Waals surface area contributed by atoms with Crippen molar-refractivity contribution in [1.29, 1.82) is 0 Å². The molecule has 1 aromatic rings. The summed E-state index contributed by atoms with van der Waals surface area (Å²) in [6.07, 6.45) is 1.15. The molecule has 0 unspecified atom stereocenters.